The van der Waals surface area contributed by atoms with Crippen LogP contribution < -0.4 is 15.8 Å². The fourth-order valence-electron chi connectivity index (χ4n) is 3.21. The Morgan fingerprint density at radius 3 is 2.73 bits per heavy atom. The number of H-pyrrole nitrogens is 1. The van der Waals surface area contributed by atoms with Crippen molar-refractivity contribution in [3.8, 4) is 0 Å². The minimum absolute atomic E-state index is 0.0131. The van der Waals surface area contributed by atoms with Crippen molar-refractivity contribution in [1.82, 2.24) is 14.5 Å². The molecule has 5 atom stereocenters. The molecule has 7 N–H and O–H groups in total. The summed E-state index contributed by atoms with van der Waals surface area (Å²) in [6.07, 6.45) is -3.41. The molecule has 144 valence electrons. The van der Waals surface area contributed by atoms with Gasteiger partial charge in [0.2, 0.25) is 17.9 Å². The number of nitrogen functional groups attached to an aromatic ring is 1. The van der Waals surface area contributed by atoms with Crippen molar-refractivity contribution in [1.29, 1.82) is 0 Å². The number of nitrogens with two attached hydrogens (primary N) is 1. The fraction of sp³-hybridized carbons (Fsp3) is 0.643. The van der Waals surface area contributed by atoms with E-state index in [1.54, 1.807) is 0 Å². The number of aliphatic hydroxyl groups is 4. The quantitative estimate of drug-likeness (QED) is 0.212. The van der Waals surface area contributed by atoms with E-state index in [0.717, 1.165) is 0 Å². The summed E-state index contributed by atoms with van der Waals surface area (Å²) in [5, 5.41) is 38.8. The van der Waals surface area contributed by atoms with Gasteiger partial charge in [-0.25, -0.2) is 4.48 Å². The molecule has 1 aromatic heterocycles. The van der Waals surface area contributed by atoms with Crippen LogP contribution in [-0.4, -0.2) is 94.2 Å². The Kier molecular flexibility index (Phi) is 5.34. The third kappa shape index (κ3) is 3.01. The summed E-state index contributed by atoms with van der Waals surface area (Å²) < 4.78 is 10.6. The molecule has 3 rings (SSSR count). The molecule has 12 nitrogen and oxygen atoms in total. The number of rotatable bonds is 7. The average molecular weight is 372 g/mol. The minimum atomic E-state index is -1.37. The van der Waals surface area contributed by atoms with Gasteiger partial charge in [-0.2, -0.15) is 9.98 Å². The highest BCUT2D eigenvalue weighted by molar-refractivity contribution is 5.87. The van der Waals surface area contributed by atoms with Gasteiger partial charge in [0.15, 0.2) is 12.4 Å². The van der Waals surface area contributed by atoms with Gasteiger partial charge in [-0.15, -0.1) is 0 Å². The summed E-state index contributed by atoms with van der Waals surface area (Å²) >= 11 is 0. The smallest absolute Gasteiger partial charge is 0.284 e. The monoisotopic (exact) mass is 372 g/mol. The Hall–Kier alpha value is -1.93. The lowest BCUT2D eigenvalue weighted by molar-refractivity contribution is -0.0721. The van der Waals surface area contributed by atoms with Crippen molar-refractivity contribution in [2.24, 2.45) is 4.99 Å². The number of hydrogen-bond acceptors (Lipinski definition) is 10. The van der Waals surface area contributed by atoms with Gasteiger partial charge < -0.3 is 35.6 Å². The van der Waals surface area contributed by atoms with Crippen LogP contribution in [0.4, 0.5) is 17.5 Å². The van der Waals surface area contributed by atoms with E-state index in [0.29, 0.717) is 0 Å². The van der Waals surface area contributed by atoms with Crippen LogP contribution in [0.3, 0.4) is 0 Å². The largest absolute Gasteiger partial charge is 0.394 e. The van der Waals surface area contributed by atoms with Crippen LogP contribution >= 0.6 is 0 Å². The lowest BCUT2D eigenvalue weighted by atomic mass is 10.1. The molecular weight excluding hydrogens is 350 g/mol. The molecule has 2 aliphatic heterocycles. The molecule has 0 amide bonds. The molecule has 1 fully saturated rings. The maximum absolute atomic E-state index is 12.1. The molecule has 1 aromatic rings. The lowest BCUT2D eigenvalue weighted by Gasteiger charge is -2.35. The Bertz CT molecular complexity index is 741. The molecule has 0 bridgehead atoms. The second-order valence-corrected chi connectivity index (χ2v) is 6.09. The van der Waals surface area contributed by atoms with E-state index >= 15 is 0 Å². The van der Waals surface area contributed by atoms with E-state index < -0.39 is 36.7 Å². The molecule has 26 heavy (non-hydrogen) atoms. The van der Waals surface area contributed by atoms with E-state index in [1.165, 1.54) is 6.34 Å². The molecule has 0 saturated carbocycles. The summed E-state index contributed by atoms with van der Waals surface area (Å²) in [7, 11) is 0. The molecule has 1 saturated heterocycles. The molecule has 0 spiro atoms. The zero-order valence-corrected chi connectivity index (χ0v) is 13.9. The van der Waals surface area contributed by atoms with Gasteiger partial charge in [-0.05, 0) is 0 Å². The number of aliphatic imine (C=N–C) groups is 1. The molecule has 12 heteroatoms. The highest BCUT2D eigenvalue weighted by Crippen LogP contribution is 2.40. The third-order valence-corrected chi connectivity index (χ3v) is 4.49. The highest BCUT2D eigenvalue weighted by atomic mass is 16.6. The van der Waals surface area contributed by atoms with Crippen molar-refractivity contribution in [2.75, 3.05) is 38.7 Å². The first-order valence-corrected chi connectivity index (χ1v) is 8.08. The Morgan fingerprint density at radius 1 is 1.31 bits per heavy atom. The predicted octanol–water partition coefficient (Wildman–Crippen LogP) is -3.22. The third-order valence-electron chi connectivity index (χ3n) is 4.49. The Morgan fingerprint density at radius 2 is 2.08 bits per heavy atom. The standard InChI is InChI=1S/C14H21N5O7/c15-14-17-11-8(12(24)18-14)16-6-19(11,1-3-25-4-2-20)13-10(23)9(22)7(5-21)26-13/h6-7,9-10,13,20-23H,1-5H2,(H2-,15,17,18,24)/p+1/t7-,9-,10-,13-,19?/m1/s1. The Labute approximate surface area is 147 Å². The van der Waals surface area contributed by atoms with Crippen LogP contribution in [-0.2, 0) is 9.47 Å². The van der Waals surface area contributed by atoms with E-state index in [4.69, 9.17) is 20.3 Å². The molecule has 0 aliphatic carbocycles. The number of quaternary nitrogens is 1. The fourth-order valence-corrected chi connectivity index (χ4v) is 3.21. The van der Waals surface area contributed by atoms with Crippen LogP contribution in [0.25, 0.3) is 0 Å². The van der Waals surface area contributed by atoms with E-state index in [-0.39, 0.29) is 48.3 Å². The van der Waals surface area contributed by atoms with Crippen LogP contribution in [0, 0.1) is 0 Å². The summed E-state index contributed by atoms with van der Waals surface area (Å²) in [5.41, 5.74) is 5.12. The SMILES string of the molecule is Nc1nc2c(c(=O)[nH]1)N=C[N+]2(CCOCCO)[C@@H]1O[C@H](CO)[C@@H](O)[C@H]1O. The number of aromatic nitrogens is 2. The van der Waals surface area contributed by atoms with Gasteiger partial charge in [-0.3, -0.25) is 9.78 Å². The van der Waals surface area contributed by atoms with Gasteiger partial charge in [-0.1, -0.05) is 0 Å². The minimum Gasteiger partial charge on any atom is -0.394 e. The van der Waals surface area contributed by atoms with Gasteiger partial charge >= 0.3 is 0 Å². The molecule has 3 heterocycles. The highest BCUT2D eigenvalue weighted by Gasteiger charge is 2.57. The number of anilines is 1. The first-order valence-electron chi connectivity index (χ1n) is 8.08. The first-order chi connectivity index (χ1) is 12.4. The van der Waals surface area contributed by atoms with Crippen molar-refractivity contribution in [2.45, 2.75) is 24.5 Å². The van der Waals surface area contributed by atoms with Crippen LogP contribution in [0.1, 0.15) is 0 Å². The molecule has 2 aliphatic rings. The topological polar surface area (TPSA) is 184 Å². The lowest BCUT2D eigenvalue weighted by Crippen LogP contribution is -2.61. The maximum Gasteiger partial charge on any atom is 0.284 e. The van der Waals surface area contributed by atoms with Gasteiger partial charge in [0.05, 0.1) is 26.4 Å². The molecule has 0 aromatic carbocycles. The summed E-state index contributed by atoms with van der Waals surface area (Å²) in [4.78, 5) is 22.7. The molecule has 0 radical (unpaired) electrons. The normalized spacial score (nSPS) is 32.9. The predicted molar refractivity (Wildman–Crippen MR) is 89.7 cm³/mol. The summed E-state index contributed by atoms with van der Waals surface area (Å²) in [5.74, 6) is 0.0125. The summed E-state index contributed by atoms with van der Waals surface area (Å²) in [6.45, 7) is -0.301. The van der Waals surface area contributed by atoms with Crippen LogP contribution in [0.15, 0.2) is 9.79 Å². The molecule has 1 unspecified atom stereocenters. The number of nitrogens with zero attached hydrogens (tertiary/aromatic N) is 3. The maximum atomic E-state index is 12.1. The van der Waals surface area contributed by atoms with E-state index in [9.17, 15) is 20.1 Å². The van der Waals surface area contributed by atoms with Crippen molar-refractivity contribution < 1.29 is 29.9 Å². The summed E-state index contributed by atoms with van der Waals surface area (Å²) in [6, 6.07) is 0. The zero-order chi connectivity index (χ0) is 18.9. The van der Waals surface area contributed by atoms with Crippen LogP contribution in [0.5, 0.6) is 0 Å². The van der Waals surface area contributed by atoms with Gasteiger partial charge in [0, 0.05) is 0 Å². The number of nitrogens with one attached hydrogen (secondary N) is 1. The number of aromatic amines is 1. The average Bonchev–Trinajstić information content (AvgIpc) is 3.12. The van der Waals surface area contributed by atoms with Gasteiger partial charge in [0.25, 0.3) is 11.4 Å². The second kappa shape index (κ2) is 7.36. The number of aliphatic hydroxyl groups excluding tert-OH is 4. The van der Waals surface area contributed by atoms with Crippen LogP contribution in [0.2, 0.25) is 0 Å². The first kappa shape index (κ1) is 18.8. The number of hydrogen-bond donors (Lipinski definition) is 6. The number of ether oxygens (including phenoxy) is 2. The number of fused-ring (bicyclic) bond motifs is 1. The van der Waals surface area contributed by atoms with Crippen molar-refractivity contribution in [3.05, 3.63) is 10.4 Å². The molecular formula is C14H22N5O7+. The van der Waals surface area contributed by atoms with Crippen molar-refractivity contribution >= 4 is 23.8 Å². The van der Waals surface area contributed by atoms with E-state index in [1.807, 2.05) is 0 Å². The zero-order valence-electron chi connectivity index (χ0n) is 13.9. The van der Waals surface area contributed by atoms with Crippen molar-refractivity contribution in [3.63, 3.8) is 0 Å². The van der Waals surface area contributed by atoms with Gasteiger partial charge in [0.1, 0.15) is 18.8 Å². The Balaban J connectivity index is 2.01. The second-order valence-electron chi connectivity index (χ2n) is 6.09. The van der Waals surface area contributed by atoms with E-state index in [2.05, 4.69) is 15.0 Å².